The number of hydrazone groups is 1. The third kappa shape index (κ3) is 2.60. The molecule has 0 radical (unpaired) electrons. The van der Waals surface area contributed by atoms with Crippen LogP contribution in [-0.2, 0) is 0 Å². The van der Waals surface area contributed by atoms with Crippen molar-refractivity contribution in [3.8, 4) is 11.5 Å². The number of ether oxygens (including phenoxy) is 1. The second-order valence-corrected chi connectivity index (χ2v) is 3.35. The summed E-state index contributed by atoms with van der Waals surface area (Å²) >= 11 is 0. The highest BCUT2D eigenvalue weighted by atomic mass is 19.1. The Hall–Kier alpha value is -2.36. The molecule has 2 aromatic carbocycles. The molecule has 86 valence electrons. The Kier molecular flexibility index (Phi) is 3.35. The molecule has 17 heavy (non-hydrogen) atoms. The summed E-state index contributed by atoms with van der Waals surface area (Å²) in [7, 11) is 0. The van der Waals surface area contributed by atoms with E-state index in [1.807, 2.05) is 6.07 Å². The lowest BCUT2D eigenvalue weighted by Gasteiger charge is -2.08. The molecule has 0 saturated carbocycles. The number of rotatable bonds is 3. The zero-order chi connectivity index (χ0) is 12.1. The lowest BCUT2D eigenvalue weighted by Crippen LogP contribution is -1.93. The van der Waals surface area contributed by atoms with E-state index < -0.39 is 5.82 Å². The fraction of sp³-hybridized carbons (Fsp3) is 0. The van der Waals surface area contributed by atoms with E-state index in [0.29, 0.717) is 11.3 Å². The molecule has 0 saturated heterocycles. The summed E-state index contributed by atoms with van der Waals surface area (Å²) in [5.41, 5.74) is 0.693. The average molecular weight is 230 g/mol. The van der Waals surface area contributed by atoms with Crippen molar-refractivity contribution in [1.29, 1.82) is 0 Å². The third-order valence-electron chi connectivity index (χ3n) is 2.19. The van der Waals surface area contributed by atoms with Crippen LogP contribution in [0, 0.1) is 5.82 Å². The molecule has 0 aliphatic rings. The van der Waals surface area contributed by atoms with E-state index in [1.165, 1.54) is 12.3 Å². The molecule has 0 heterocycles. The third-order valence-corrected chi connectivity index (χ3v) is 2.19. The first-order valence-corrected chi connectivity index (χ1v) is 5.06. The molecule has 2 aromatic rings. The Balaban J connectivity index is 2.33. The summed E-state index contributed by atoms with van der Waals surface area (Å²) in [6.07, 6.45) is 1.45. The van der Waals surface area contributed by atoms with Crippen molar-refractivity contribution in [3.63, 3.8) is 0 Å². The summed E-state index contributed by atoms with van der Waals surface area (Å²) in [6.45, 7) is 0. The molecule has 0 fully saturated rings. The van der Waals surface area contributed by atoms with Crippen LogP contribution in [0.2, 0.25) is 0 Å². The minimum atomic E-state index is -0.410. The molecule has 0 amide bonds. The minimum Gasteiger partial charge on any atom is -0.454 e. The Morgan fingerprint density at radius 1 is 1.00 bits per heavy atom. The van der Waals surface area contributed by atoms with Crippen LogP contribution < -0.4 is 10.6 Å². The summed E-state index contributed by atoms with van der Waals surface area (Å²) in [4.78, 5) is 0. The van der Waals surface area contributed by atoms with Crippen LogP contribution in [0.4, 0.5) is 4.39 Å². The van der Waals surface area contributed by atoms with E-state index in [4.69, 9.17) is 10.6 Å². The molecule has 2 N–H and O–H groups in total. The predicted octanol–water partition coefficient (Wildman–Crippen LogP) is 2.91. The van der Waals surface area contributed by atoms with Crippen molar-refractivity contribution in [2.24, 2.45) is 10.9 Å². The van der Waals surface area contributed by atoms with E-state index >= 15 is 0 Å². The molecule has 3 nitrogen and oxygen atoms in total. The Morgan fingerprint density at radius 2 is 1.65 bits per heavy atom. The Morgan fingerprint density at radius 3 is 2.35 bits per heavy atom. The van der Waals surface area contributed by atoms with Crippen LogP contribution >= 0.6 is 0 Å². The van der Waals surface area contributed by atoms with Crippen LogP contribution in [0.15, 0.2) is 53.6 Å². The topological polar surface area (TPSA) is 47.6 Å². The molecule has 0 spiro atoms. The number of nitrogens with zero attached hydrogens (tertiary/aromatic N) is 1. The highest BCUT2D eigenvalue weighted by Gasteiger charge is 2.05. The van der Waals surface area contributed by atoms with Crippen LogP contribution in [0.5, 0.6) is 11.5 Å². The number of hydrogen-bond donors (Lipinski definition) is 1. The molecule has 0 aliphatic heterocycles. The molecular formula is C13H11FN2O. The van der Waals surface area contributed by atoms with E-state index in [9.17, 15) is 4.39 Å². The minimum absolute atomic E-state index is 0.172. The van der Waals surface area contributed by atoms with Gasteiger partial charge >= 0.3 is 0 Å². The van der Waals surface area contributed by atoms with Gasteiger partial charge in [-0.25, -0.2) is 4.39 Å². The summed E-state index contributed by atoms with van der Waals surface area (Å²) < 4.78 is 18.9. The van der Waals surface area contributed by atoms with Crippen LogP contribution in [0.3, 0.4) is 0 Å². The van der Waals surface area contributed by atoms with Crippen molar-refractivity contribution in [2.75, 3.05) is 0 Å². The van der Waals surface area contributed by atoms with Gasteiger partial charge in [0.15, 0.2) is 11.6 Å². The van der Waals surface area contributed by atoms with Crippen LogP contribution in [-0.4, -0.2) is 6.21 Å². The molecule has 4 heteroatoms. The van der Waals surface area contributed by atoms with Gasteiger partial charge in [-0.1, -0.05) is 24.3 Å². The lowest BCUT2D eigenvalue weighted by atomic mass is 10.2. The maximum atomic E-state index is 13.4. The second kappa shape index (κ2) is 5.12. The van der Waals surface area contributed by atoms with E-state index in [2.05, 4.69) is 5.10 Å². The van der Waals surface area contributed by atoms with Crippen molar-refractivity contribution in [1.82, 2.24) is 0 Å². The van der Waals surface area contributed by atoms with Crippen molar-refractivity contribution >= 4 is 6.21 Å². The summed E-state index contributed by atoms with van der Waals surface area (Å²) in [6, 6.07) is 13.3. The number of benzene rings is 2. The fourth-order valence-electron chi connectivity index (χ4n) is 1.41. The quantitative estimate of drug-likeness (QED) is 0.500. The van der Waals surface area contributed by atoms with Gasteiger partial charge in [-0.15, -0.1) is 0 Å². The number of para-hydroxylation sites is 2. The normalized spacial score (nSPS) is 10.6. The number of hydrogen-bond acceptors (Lipinski definition) is 3. The molecule has 0 bridgehead atoms. The molecule has 0 unspecified atom stereocenters. The highest BCUT2D eigenvalue weighted by molar-refractivity contribution is 5.83. The van der Waals surface area contributed by atoms with Gasteiger partial charge < -0.3 is 10.6 Å². The first kappa shape index (κ1) is 11.1. The van der Waals surface area contributed by atoms with Gasteiger partial charge in [0.2, 0.25) is 0 Å². The van der Waals surface area contributed by atoms with Crippen molar-refractivity contribution < 1.29 is 9.13 Å². The zero-order valence-corrected chi connectivity index (χ0v) is 9.01. The fourth-order valence-corrected chi connectivity index (χ4v) is 1.41. The van der Waals surface area contributed by atoms with Gasteiger partial charge in [-0.3, -0.25) is 0 Å². The van der Waals surface area contributed by atoms with Gasteiger partial charge in [-0.2, -0.15) is 5.10 Å². The van der Waals surface area contributed by atoms with E-state index in [-0.39, 0.29) is 5.75 Å². The zero-order valence-electron chi connectivity index (χ0n) is 9.01. The first-order chi connectivity index (χ1) is 8.31. The van der Waals surface area contributed by atoms with Gasteiger partial charge in [0, 0.05) is 5.56 Å². The van der Waals surface area contributed by atoms with Crippen LogP contribution in [0.1, 0.15) is 5.56 Å². The van der Waals surface area contributed by atoms with Gasteiger partial charge in [0.1, 0.15) is 5.75 Å². The van der Waals surface area contributed by atoms with Gasteiger partial charge in [0.25, 0.3) is 0 Å². The highest BCUT2D eigenvalue weighted by Crippen LogP contribution is 2.26. The standard InChI is InChI=1S/C13H11FN2O/c14-11-6-2-4-8-13(11)17-12-7-3-1-5-10(12)9-16-15/h1-9H,15H2. The van der Waals surface area contributed by atoms with E-state index in [0.717, 1.165) is 0 Å². The second-order valence-electron chi connectivity index (χ2n) is 3.35. The SMILES string of the molecule is NN=Cc1ccccc1Oc1ccccc1F. The lowest BCUT2D eigenvalue weighted by molar-refractivity contribution is 0.442. The largest absolute Gasteiger partial charge is 0.454 e. The molecule has 0 atom stereocenters. The van der Waals surface area contributed by atoms with Crippen molar-refractivity contribution in [3.05, 3.63) is 59.9 Å². The van der Waals surface area contributed by atoms with Gasteiger partial charge in [0.05, 0.1) is 6.21 Å². The Labute approximate surface area is 98.3 Å². The molecule has 2 rings (SSSR count). The monoisotopic (exact) mass is 230 g/mol. The van der Waals surface area contributed by atoms with Crippen LogP contribution in [0.25, 0.3) is 0 Å². The van der Waals surface area contributed by atoms with Crippen molar-refractivity contribution in [2.45, 2.75) is 0 Å². The Bertz CT molecular complexity index is 540. The number of nitrogens with two attached hydrogens (primary N) is 1. The smallest absolute Gasteiger partial charge is 0.165 e. The average Bonchev–Trinajstić information content (AvgIpc) is 2.35. The summed E-state index contributed by atoms with van der Waals surface area (Å²) in [5, 5.41) is 3.43. The maximum Gasteiger partial charge on any atom is 0.165 e. The molecule has 0 aliphatic carbocycles. The van der Waals surface area contributed by atoms with E-state index in [1.54, 1.807) is 36.4 Å². The number of halogens is 1. The molecule has 0 aromatic heterocycles. The summed E-state index contributed by atoms with van der Waals surface area (Å²) in [5.74, 6) is 5.36. The predicted molar refractivity (Wildman–Crippen MR) is 64.7 cm³/mol. The van der Waals surface area contributed by atoms with Gasteiger partial charge in [-0.05, 0) is 24.3 Å². The first-order valence-electron chi connectivity index (χ1n) is 5.06. The maximum absolute atomic E-state index is 13.4. The molecular weight excluding hydrogens is 219 g/mol.